The zero-order chi connectivity index (χ0) is 23.9. The maximum Gasteiger partial charge on any atom is 0.277 e. The summed E-state index contributed by atoms with van der Waals surface area (Å²) in [4.78, 5) is 30.3. The Balaban J connectivity index is 1.57. The SMILES string of the molecule is Cc1ccc(N2C(=O)c3cc(-c4cccs4)nn3C[C@@]2(C)C(=O)NCc2ccccc2)c(C)c1. The molecule has 0 radical (unpaired) electrons. The van der Waals surface area contributed by atoms with Gasteiger partial charge in [-0.05, 0) is 55.5 Å². The number of aromatic nitrogens is 2. The zero-order valence-corrected chi connectivity index (χ0v) is 20.2. The van der Waals surface area contributed by atoms with Crippen LogP contribution in [0.25, 0.3) is 10.6 Å². The van der Waals surface area contributed by atoms with E-state index in [1.165, 1.54) is 0 Å². The highest BCUT2D eigenvalue weighted by Gasteiger charge is 2.49. The van der Waals surface area contributed by atoms with E-state index in [0.717, 1.165) is 32.9 Å². The van der Waals surface area contributed by atoms with Gasteiger partial charge in [0.2, 0.25) is 5.91 Å². The molecule has 0 aliphatic carbocycles. The lowest BCUT2D eigenvalue weighted by Gasteiger charge is -2.43. The van der Waals surface area contributed by atoms with Crippen molar-refractivity contribution in [3.8, 4) is 10.6 Å². The monoisotopic (exact) mass is 470 g/mol. The third kappa shape index (κ3) is 3.82. The molecule has 34 heavy (non-hydrogen) atoms. The number of carbonyl (C=O) groups excluding carboxylic acids is 2. The van der Waals surface area contributed by atoms with Crippen LogP contribution in [0.3, 0.4) is 0 Å². The first-order valence-electron chi connectivity index (χ1n) is 11.2. The molecule has 0 saturated carbocycles. The number of amides is 2. The largest absolute Gasteiger partial charge is 0.350 e. The van der Waals surface area contributed by atoms with Crippen LogP contribution in [0.15, 0.2) is 72.1 Å². The van der Waals surface area contributed by atoms with Crippen molar-refractivity contribution in [3.63, 3.8) is 0 Å². The normalized spacial score (nSPS) is 17.5. The van der Waals surface area contributed by atoms with E-state index < -0.39 is 5.54 Å². The van der Waals surface area contributed by atoms with Gasteiger partial charge in [0, 0.05) is 12.2 Å². The van der Waals surface area contributed by atoms with Gasteiger partial charge in [-0.1, -0.05) is 54.1 Å². The number of aryl methyl sites for hydroxylation is 2. The quantitative estimate of drug-likeness (QED) is 0.448. The average Bonchev–Trinajstić information content (AvgIpc) is 3.49. The fourth-order valence-corrected chi connectivity index (χ4v) is 5.21. The lowest BCUT2D eigenvalue weighted by atomic mass is 9.92. The maximum absolute atomic E-state index is 13.9. The number of fused-ring (bicyclic) bond motifs is 1. The summed E-state index contributed by atoms with van der Waals surface area (Å²) < 4.78 is 1.68. The number of thiophene rings is 1. The molecule has 2 aromatic carbocycles. The van der Waals surface area contributed by atoms with Gasteiger partial charge in [-0.2, -0.15) is 5.10 Å². The molecule has 6 nitrogen and oxygen atoms in total. The molecular formula is C27H26N4O2S. The number of hydrogen-bond acceptors (Lipinski definition) is 4. The van der Waals surface area contributed by atoms with Gasteiger partial charge in [-0.3, -0.25) is 19.2 Å². The molecule has 0 unspecified atom stereocenters. The first kappa shape index (κ1) is 22.1. The van der Waals surface area contributed by atoms with Crippen LogP contribution >= 0.6 is 11.3 Å². The van der Waals surface area contributed by atoms with Gasteiger partial charge in [0.15, 0.2) is 0 Å². The minimum atomic E-state index is -1.16. The van der Waals surface area contributed by atoms with Crippen molar-refractivity contribution < 1.29 is 9.59 Å². The van der Waals surface area contributed by atoms with Crippen LogP contribution in [-0.4, -0.2) is 27.1 Å². The Labute approximate surface area is 202 Å². The Morgan fingerprint density at radius 1 is 1.09 bits per heavy atom. The van der Waals surface area contributed by atoms with Crippen LogP contribution in [0.1, 0.15) is 34.1 Å². The fraction of sp³-hybridized carbons (Fsp3) is 0.222. The highest BCUT2D eigenvalue weighted by molar-refractivity contribution is 7.13. The summed E-state index contributed by atoms with van der Waals surface area (Å²) in [6.07, 6.45) is 0. The van der Waals surface area contributed by atoms with E-state index in [1.54, 1.807) is 20.9 Å². The Kier molecular flexibility index (Phi) is 5.57. The van der Waals surface area contributed by atoms with E-state index >= 15 is 0 Å². The Bertz CT molecular complexity index is 1360. The number of nitrogens with one attached hydrogen (secondary N) is 1. The minimum absolute atomic E-state index is 0.219. The number of carbonyl (C=O) groups is 2. The molecule has 4 aromatic rings. The molecule has 7 heteroatoms. The van der Waals surface area contributed by atoms with Gasteiger partial charge < -0.3 is 5.32 Å². The van der Waals surface area contributed by atoms with E-state index in [4.69, 9.17) is 5.10 Å². The number of rotatable bonds is 5. The summed E-state index contributed by atoms with van der Waals surface area (Å²) in [5.74, 6) is -0.450. The minimum Gasteiger partial charge on any atom is -0.350 e. The third-order valence-electron chi connectivity index (χ3n) is 6.31. The Morgan fingerprint density at radius 3 is 2.59 bits per heavy atom. The first-order valence-corrected chi connectivity index (χ1v) is 12.1. The molecule has 1 aliphatic heterocycles. The predicted octanol–water partition coefficient (Wildman–Crippen LogP) is 4.96. The molecule has 2 aromatic heterocycles. The van der Waals surface area contributed by atoms with Gasteiger partial charge in [0.1, 0.15) is 16.9 Å². The molecule has 5 rings (SSSR count). The predicted molar refractivity (Wildman–Crippen MR) is 135 cm³/mol. The van der Waals surface area contributed by atoms with Gasteiger partial charge in [-0.15, -0.1) is 11.3 Å². The molecule has 1 aliphatic rings. The van der Waals surface area contributed by atoms with E-state index in [-0.39, 0.29) is 18.4 Å². The van der Waals surface area contributed by atoms with Gasteiger partial charge in [0.05, 0.1) is 11.4 Å². The van der Waals surface area contributed by atoms with Crippen molar-refractivity contribution in [2.45, 2.75) is 39.4 Å². The van der Waals surface area contributed by atoms with E-state index in [2.05, 4.69) is 5.32 Å². The van der Waals surface area contributed by atoms with Crippen LogP contribution in [-0.2, 0) is 17.9 Å². The molecular weight excluding hydrogens is 444 g/mol. The molecule has 1 atom stereocenters. The molecule has 2 amide bonds. The molecule has 0 spiro atoms. The molecule has 0 bridgehead atoms. The number of nitrogens with zero attached hydrogens (tertiary/aromatic N) is 3. The molecule has 1 N–H and O–H groups in total. The number of hydrogen-bond donors (Lipinski definition) is 1. The molecule has 0 saturated heterocycles. The Morgan fingerprint density at radius 2 is 1.88 bits per heavy atom. The lowest BCUT2D eigenvalue weighted by Crippen LogP contribution is -2.64. The first-order chi connectivity index (χ1) is 16.4. The fourth-order valence-electron chi connectivity index (χ4n) is 4.53. The summed E-state index contributed by atoms with van der Waals surface area (Å²) in [5.41, 5.74) is 3.85. The van der Waals surface area contributed by atoms with Crippen molar-refractivity contribution in [1.82, 2.24) is 15.1 Å². The highest BCUT2D eigenvalue weighted by atomic mass is 32.1. The second-order valence-corrected chi connectivity index (χ2v) is 9.87. The number of benzene rings is 2. The molecule has 172 valence electrons. The average molecular weight is 471 g/mol. The van der Waals surface area contributed by atoms with E-state index in [9.17, 15) is 9.59 Å². The van der Waals surface area contributed by atoms with Gasteiger partial charge in [0.25, 0.3) is 5.91 Å². The van der Waals surface area contributed by atoms with Crippen LogP contribution < -0.4 is 10.2 Å². The second-order valence-electron chi connectivity index (χ2n) is 8.92. The summed E-state index contributed by atoms with van der Waals surface area (Å²) in [7, 11) is 0. The van der Waals surface area contributed by atoms with Crippen molar-refractivity contribution in [1.29, 1.82) is 0 Å². The van der Waals surface area contributed by atoms with Crippen LogP contribution in [0.5, 0.6) is 0 Å². The summed E-state index contributed by atoms with van der Waals surface area (Å²) in [6, 6.07) is 21.5. The van der Waals surface area contributed by atoms with Crippen LogP contribution in [0.4, 0.5) is 5.69 Å². The van der Waals surface area contributed by atoms with Crippen LogP contribution in [0.2, 0.25) is 0 Å². The smallest absolute Gasteiger partial charge is 0.277 e. The summed E-state index contributed by atoms with van der Waals surface area (Å²) in [5, 5.41) is 9.74. The van der Waals surface area contributed by atoms with Crippen molar-refractivity contribution in [2.75, 3.05) is 4.90 Å². The topological polar surface area (TPSA) is 67.2 Å². The summed E-state index contributed by atoms with van der Waals surface area (Å²) in [6.45, 7) is 6.45. The standard InChI is InChI=1S/C27H26N4O2S/c1-18-11-12-22(19(2)14-18)31-25(32)23-15-21(24-10-7-13-34-24)29-30(23)17-27(31,3)26(33)28-16-20-8-5-4-6-9-20/h4-15H,16-17H2,1-3H3,(H,28,33)/t27-/m0/s1. The Hall–Kier alpha value is -3.71. The van der Waals surface area contributed by atoms with E-state index in [1.807, 2.05) is 92.9 Å². The van der Waals surface area contributed by atoms with Crippen molar-refractivity contribution in [2.24, 2.45) is 0 Å². The van der Waals surface area contributed by atoms with Crippen molar-refractivity contribution in [3.05, 3.63) is 94.5 Å². The second kappa shape index (κ2) is 8.57. The van der Waals surface area contributed by atoms with Gasteiger partial charge in [-0.25, -0.2) is 0 Å². The summed E-state index contributed by atoms with van der Waals surface area (Å²) >= 11 is 1.57. The highest BCUT2D eigenvalue weighted by Crippen LogP contribution is 2.36. The maximum atomic E-state index is 13.9. The third-order valence-corrected chi connectivity index (χ3v) is 7.20. The van der Waals surface area contributed by atoms with Crippen molar-refractivity contribution >= 4 is 28.8 Å². The van der Waals surface area contributed by atoms with Gasteiger partial charge >= 0.3 is 0 Å². The lowest BCUT2D eigenvalue weighted by molar-refractivity contribution is -0.126. The number of anilines is 1. The molecule has 0 fully saturated rings. The molecule has 3 heterocycles. The van der Waals surface area contributed by atoms with Crippen LogP contribution in [0, 0.1) is 13.8 Å². The zero-order valence-electron chi connectivity index (χ0n) is 19.4. The van der Waals surface area contributed by atoms with E-state index in [0.29, 0.717) is 12.2 Å².